The van der Waals surface area contributed by atoms with Crippen LogP contribution >= 0.6 is 11.3 Å². The zero-order valence-corrected chi connectivity index (χ0v) is 15.4. The summed E-state index contributed by atoms with van der Waals surface area (Å²) < 4.78 is 5.91. The first kappa shape index (κ1) is 17.2. The van der Waals surface area contributed by atoms with E-state index in [1.807, 2.05) is 62.5 Å². The van der Waals surface area contributed by atoms with Crippen molar-refractivity contribution in [3.63, 3.8) is 0 Å². The second-order valence-electron chi connectivity index (χ2n) is 6.20. The summed E-state index contributed by atoms with van der Waals surface area (Å²) in [5.41, 5.74) is 5.21. The van der Waals surface area contributed by atoms with Crippen molar-refractivity contribution < 1.29 is 9.53 Å². The molecule has 3 aromatic rings. The fraction of sp³-hybridized carbons (Fsp3) is 0.190. The van der Waals surface area contributed by atoms with Gasteiger partial charge in [0.15, 0.2) is 0 Å². The van der Waals surface area contributed by atoms with Crippen LogP contribution in [-0.4, -0.2) is 5.91 Å². The summed E-state index contributed by atoms with van der Waals surface area (Å²) in [6.07, 6.45) is 0. The monoisotopic (exact) mass is 351 g/mol. The van der Waals surface area contributed by atoms with Crippen LogP contribution in [0, 0.1) is 20.8 Å². The van der Waals surface area contributed by atoms with Gasteiger partial charge in [0.25, 0.3) is 5.91 Å². The standard InChI is InChI=1S/C21H21NO2S/c1-14-5-4-6-18(9-14)22-21(23)20-11-17(13-25-20)12-24-19-10-15(2)7-8-16(19)3/h4-11,13H,12H2,1-3H3,(H,22,23). The predicted molar refractivity (Wildman–Crippen MR) is 104 cm³/mol. The number of hydrogen-bond acceptors (Lipinski definition) is 3. The topological polar surface area (TPSA) is 38.3 Å². The van der Waals surface area contributed by atoms with E-state index in [-0.39, 0.29) is 5.91 Å². The Kier molecular flexibility index (Phi) is 5.19. The first-order valence-electron chi connectivity index (χ1n) is 8.17. The summed E-state index contributed by atoms with van der Waals surface area (Å²) in [5.74, 6) is 0.797. The van der Waals surface area contributed by atoms with Crippen LogP contribution in [-0.2, 0) is 6.61 Å². The van der Waals surface area contributed by atoms with Crippen LogP contribution < -0.4 is 10.1 Å². The quantitative estimate of drug-likeness (QED) is 0.659. The normalized spacial score (nSPS) is 10.5. The Hall–Kier alpha value is -2.59. The Morgan fingerprint density at radius 3 is 2.64 bits per heavy atom. The summed E-state index contributed by atoms with van der Waals surface area (Å²) in [6, 6.07) is 15.8. The molecule has 0 saturated carbocycles. The lowest BCUT2D eigenvalue weighted by Crippen LogP contribution is -2.10. The minimum Gasteiger partial charge on any atom is -0.489 e. The van der Waals surface area contributed by atoms with Gasteiger partial charge >= 0.3 is 0 Å². The molecule has 0 unspecified atom stereocenters. The molecule has 2 aromatic carbocycles. The van der Waals surface area contributed by atoms with Crippen molar-refractivity contribution in [3.05, 3.63) is 81.0 Å². The second kappa shape index (κ2) is 7.53. The molecule has 0 spiro atoms. The fourth-order valence-electron chi connectivity index (χ4n) is 2.51. The lowest BCUT2D eigenvalue weighted by molar-refractivity contribution is 0.103. The first-order valence-corrected chi connectivity index (χ1v) is 9.05. The van der Waals surface area contributed by atoms with Crippen LogP contribution in [0.25, 0.3) is 0 Å². The second-order valence-corrected chi connectivity index (χ2v) is 7.11. The molecule has 0 aliphatic rings. The number of aryl methyl sites for hydroxylation is 3. The third-order valence-electron chi connectivity index (χ3n) is 3.89. The molecule has 1 aromatic heterocycles. The maximum Gasteiger partial charge on any atom is 0.265 e. The molecule has 3 rings (SSSR count). The highest BCUT2D eigenvalue weighted by Gasteiger charge is 2.10. The van der Waals surface area contributed by atoms with Crippen molar-refractivity contribution in [1.29, 1.82) is 0 Å². The SMILES string of the molecule is Cc1cccc(NC(=O)c2cc(COc3cc(C)ccc3C)cs2)c1. The van der Waals surface area contributed by atoms with Crippen molar-refractivity contribution in [3.8, 4) is 5.75 Å². The van der Waals surface area contributed by atoms with Crippen LogP contribution in [0.2, 0.25) is 0 Å². The van der Waals surface area contributed by atoms with Gasteiger partial charge in [-0.1, -0.05) is 24.3 Å². The third-order valence-corrected chi connectivity index (χ3v) is 4.87. The lowest BCUT2D eigenvalue weighted by atomic mass is 10.1. The Morgan fingerprint density at radius 2 is 1.84 bits per heavy atom. The molecule has 3 nitrogen and oxygen atoms in total. The lowest BCUT2D eigenvalue weighted by Gasteiger charge is -2.09. The van der Waals surface area contributed by atoms with Gasteiger partial charge in [-0.25, -0.2) is 0 Å². The van der Waals surface area contributed by atoms with E-state index in [0.717, 1.165) is 28.1 Å². The number of benzene rings is 2. The molecule has 25 heavy (non-hydrogen) atoms. The number of hydrogen-bond donors (Lipinski definition) is 1. The van der Waals surface area contributed by atoms with E-state index in [1.54, 1.807) is 0 Å². The number of carbonyl (C=O) groups excluding carboxylic acids is 1. The Balaban J connectivity index is 1.63. The minimum atomic E-state index is -0.0893. The van der Waals surface area contributed by atoms with Gasteiger partial charge in [-0.05, 0) is 67.1 Å². The Morgan fingerprint density at radius 1 is 1.04 bits per heavy atom. The van der Waals surface area contributed by atoms with E-state index < -0.39 is 0 Å². The largest absolute Gasteiger partial charge is 0.489 e. The van der Waals surface area contributed by atoms with Crippen LogP contribution in [0.5, 0.6) is 5.75 Å². The van der Waals surface area contributed by atoms with Crippen molar-refractivity contribution in [1.82, 2.24) is 0 Å². The molecule has 0 fully saturated rings. The highest BCUT2D eigenvalue weighted by atomic mass is 32.1. The predicted octanol–water partition coefficient (Wildman–Crippen LogP) is 5.50. The van der Waals surface area contributed by atoms with Gasteiger partial charge < -0.3 is 10.1 Å². The average Bonchev–Trinajstić information content (AvgIpc) is 3.05. The van der Waals surface area contributed by atoms with Crippen molar-refractivity contribution in [2.24, 2.45) is 0 Å². The first-order chi connectivity index (χ1) is 12.0. The molecule has 4 heteroatoms. The highest BCUT2D eigenvalue weighted by Crippen LogP contribution is 2.23. The number of thiophene rings is 1. The Labute approximate surface area is 152 Å². The fourth-order valence-corrected chi connectivity index (χ4v) is 3.30. The molecule has 0 aliphatic carbocycles. The van der Waals surface area contributed by atoms with Crippen molar-refractivity contribution >= 4 is 22.9 Å². The molecule has 0 saturated heterocycles. The van der Waals surface area contributed by atoms with Crippen molar-refractivity contribution in [2.45, 2.75) is 27.4 Å². The van der Waals surface area contributed by atoms with Gasteiger partial charge in [0.2, 0.25) is 0 Å². The van der Waals surface area contributed by atoms with Gasteiger partial charge in [-0.15, -0.1) is 11.3 Å². The maximum absolute atomic E-state index is 12.4. The van der Waals surface area contributed by atoms with E-state index in [4.69, 9.17) is 4.74 Å². The number of ether oxygens (including phenoxy) is 1. The van der Waals surface area contributed by atoms with Gasteiger partial charge in [0.05, 0.1) is 4.88 Å². The number of amides is 1. The minimum absolute atomic E-state index is 0.0893. The average molecular weight is 351 g/mol. The van der Waals surface area contributed by atoms with Gasteiger partial charge in [-0.2, -0.15) is 0 Å². The smallest absolute Gasteiger partial charge is 0.265 e. The molecule has 128 valence electrons. The van der Waals surface area contributed by atoms with Gasteiger partial charge in [0, 0.05) is 11.3 Å². The molecule has 1 amide bonds. The van der Waals surface area contributed by atoms with Crippen LogP contribution in [0.15, 0.2) is 53.9 Å². The molecule has 0 aliphatic heterocycles. The number of nitrogens with one attached hydrogen (secondary N) is 1. The van der Waals surface area contributed by atoms with E-state index in [2.05, 4.69) is 17.4 Å². The zero-order valence-electron chi connectivity index (χ0n) is 14.6. The Bertz CT molecular complexity index is 898. The van der Waals surface area contributed by atoms with Crippen LogP contribution in [0.3, 0.4) is 0 Å². The molecule has 1 N–H and O–H groups in total. The summed E-state index contributed by atoms with van der Waals surface area (Å²) in [5, 5.41) is 4.90. The van der Waals surface area contributed by atoms with E-state index >= 15 is 0 Å². The van der Waals surface area contributed by atoms with Gasteiger partial charge in [-0.3, -0.25) is 4.79 Å². The molecule has 0 bridgehead atoms. The maximum atomic E-state index is 12.4. The number of rotatable bonds is 5. The third kappa shape index (κ3) is 4.48. The number of carbonyl (C=O) groups is 1. The molecule has 0 atom stereocenters. The van der Waals surface area contributed by atoms with Gasteiger partial charge in [0.1, 0.15) is 12.4 Å². The number of anilines is 1. The summed E-state index contributed by atoms with van der Waals surface area (Å²) in [4.78, 5) is 13.1. The van der Waals surface area contributed by atoms with E-state index in [9.17, 15) is 4.79 Å². The van der Waals surface area contributed by atoms with Crippen LogP contribution in [0.4, 0.5) is 5.69 Å². The molecule has 1 heterocycles. The summed E-state index contributed by atoms with van der Waals surface area (Å²) in [7, 11) is 0. The van der Waals surface area contributed by atoms with E-state index in [1.165, 1.54) is 16.9 Å². The summed E-state index contributed by atoms with van der Waals surface area (Å²) in [6.45, 7) is 6.54. The zero-order chi connectivity index (χ0) is 17.8. The summed E-state index contributed by atoms with van der Waals surface area (Å²) >= 11 is 1.43. The molecular formula is C21H21NO2S. The molecular weight excluding hydrogens is 330 g/mol. The van der Waals surface area contributed by atoms with Crippen LogP contribution in [0.1, 0.15) is 31.9 Å². The highest BCUT2D eigenvalue weighted by molar-refractivity contribution is 7.12. The molecule has 0 radical (unpaired) electrons. The van der Waals surface area contributed by atoms with Crippen molar-refractivity contribution in [2.75, 3.05) is 5.32 Å². The van der Waals surface area contributed by atoms with E-state index in [0.29, 0.717) is 11.5 Å².